The topological polar surface area (TPSA) is 213 Å². The molecule has 7 N–H and O–H groups in total. The van der Waals surface area contributed by atoms with Crippen molar-refractivity contribution in [1.29, 1.82) is 0 Å². The molecule has 0 bridgehead atoms. The fourth-order valence-electron chi connectivity index (χ4n) is 4.07. The number of aliphatic carboxylic acids is 2. The van der Waals surface area contributed by atoms with Gasteiger partial charge in [0, 0.05) is 19.5 Å². The first-order chi connectivity index (χ1) is 15.0. The summed E-state index contributed by atoms with van der Waals surface area (Å²) < 4.78 is 0. The van der Waals surface area contributed by atoms with Crippen LogP contribution in [0.5, 0.6) is 0 Å². The Bertz CT molecular complexity index is 788. The summed E-state index contributed by atoms with van der Waals surface area (Å²) in [5.74, 6) is -5.21. The molecule has 0 aliphatic carbocycles. The monoisotopic (exact) mass is 455 g/mol. The number of hydrogen-bond donors (Lipinski definition) is 5. The van der Waals surface area contributed by atoms with Crippen molar-refractivity contribution >= 4 is 35.6 Å². The van der Waals surface area contributed by atoms with Crippen molar-refractivity contribution in [2.45, 2.75) is 69.1 Å². The maximum Gasteiger partial charge on any atom is 0.326 e. The van der Waals surface area contributed by atoms with Gasteiger partial charge in [-0.2, -0.15) is 0 Å². The summed E-state index contributed by atoms with van der Waals surface area (Å²) in [4.78, 5) is 74.3. The third kappa shape index (κ3) is 6.15. The van der Waals surface area contributed by atoms with E-state index in [2.05, 4.69) is 5.32 Å². The lowest BCUT2D eigenvalue weighted by Crippen LogP contribution is -2.57. The maximum atomic E-state index is 12.9. The summed E-state index contributed by atoms with van der Waals surface area (Å²) in [6.45, 7) is 0.385. The molecular formula is C19H29N5O8. The highest BCUT2D eigenvalue weighted by Gasteiger charge is 2.41. The van der Waals surface area contributed by atoms with Crippen molar-refractivity contribution in [3.8, 4) is 0 Å². The molecule has 4 amide bonds. The van der Waals surface area contributed by atoms with Gasteiger partial charge in [-0.25, -0.2) is 4.79 Å². The molecule has 0 aromatic heterocycles. The predicted octanol–water partition coefficient (Wildman–Crippen LogP) is -2.39. The van der Waals surface area contributed by atoms with E-state index in [-0.39, 0.29) is 38.8 Å². The van der Waals surface area contributed by atoms with E-state index in [1.165, 1.54) is 4.90 Å². The van der Waals surface area contributed by atoms with E-state index in [1.807, 2.05) is 0 Å². The minimum atomic E-state index is -1.47. The number of nitrogens with zero attached hydrogens (tertiary/aromatic N) is 2. The minimum Gasteiger partial charge on any atom is -0.481 e. The second-order valence-electron chi connectivity index (χ2n) is 7.99. The highest BCUT2D eigenvalue weighted by atomic mass is 16.4. The Morgan fingerprint density at radius 2 is 1.50 bits per heavy atom. The number of rotatable bonds is 10. The number of hydrogen-bond acceptors (Lipinski definition) is 7. The zero-order valence-corrected chi connectivity index (χ0v) is 17.6. The lowest BCUT2D eigenvalue weighted by Gasteiger charge is -2.30. The molecule has 0 spiro atoms. The van der Waals surface area contributed by atoms with Gasteiger partial charge in [0.2, 0.25) is 23.6 Å². The van der Waals surface area contributed by atoms with Crippen LogP contribution in [0.3, 0.4) is 0 Å². The number of carbonyl (C=O) groups excluding carboxylic acids is 4. The van der Waals surface area contributed by atoms with Gasteiger partial charge < -0.3 is 36.8 Å². The van der Waals surface area contributed by atoms with Crippen LogP contribution in [0.25, 0.3) is 0 Å². The third-order valence-electron chi connectivity index (χ3n) is 5.67. The zero-order chi connectivity index (χ0) is 24.0. The number of carboxylic acid groups (broad SMARTS) is 2. The largest absolute Gasteiger partial charge is 0.481 e. The van der Waals surface area contributed by atoms with E-state index < -0.39 is 66.2 Å². The fraction of sp³-hybridized carbons (Fsp3) is 0.684. The van der Waals surface area contributed by atoms with Crippen LogP contribution in [0.2, 0.25) is 0 Å². The Morgan fingerprint density at radius 1 is 0.938 bits per heavy atom. The third-order valence-corrected chi connectivity index (χ3v) is 5.67. The predicted molar refractivity (Wildman–Crippen MR) is 108 cm³/mol. The van der Waals surface area contributed by atoms with E-state index in [9.17, 15) is 39.0 Å². The highest BCUT2D eigenvalue weighted by Crippen LogP contribution is 2.22. The van der Waals surface area contributed by atoms with Gasteiger partial charge in [0.15, 0.2) is 0 Å². The van der Waals surface area contributed by atoms with E-state index >= 15 is 0 Å². The van der Waals surface area contributed by atoms with Crippen LogP contribution in [0.4, 0.5) is 0 Å². The molecule has 13 heteroatoms. The van der Waals surface area contributed by atoms with Crippen molar-refractivity contribution in [2.75, 3.05) is 13.1 Å². The lowest BCUT2D eigenvalue weighted by molar-refractivity contribution is -0.151. The van der Waals surface area contributed by atoms with Crippen LogP contribution in [-0.4, -0.2) is 92.8 Å². The molecule has 2 saturated heterocycles. The number of carboxylic acids is 2. The van der Waals surface area contributed by atoms with E-state index in [1.54, 1.807) is 0 Å². The molecule has 178 valence electrons. The molecule has 32 heavy (non-hydrogen) atoms. The number of nitrogens with two attached hydrogens (primary N) is 2. The molecule has 13 nitrogen and oxygen atoms in total. The normalized spacial score (nSPS) is 22.3. The van der Waals surface area contributed by atoms with Gasteiger partial charge in [-0.15, -0.1) is 0 Å². The van der Waals surface area contributed by atoms with Crippen molar-refractivity contribution in [1.82, 2.24) is 15.1 Å². The molecular weight excluding hydrogens is 426 g/mol. The number of amides is 4. The molecule has 0 radical (unpaired) electrons. The highest BCUT2D eigenvalue weighted by molar-refractivity contribution is 5.96. The van der Waals surface area contributed by atoms with Gasteiger partial charge in [-0.3, -0.25) is 24.0 Å². The minimum absolute atomic E-state index is 0.0185. The van der Waals surface area contributed by atoms with Crippen molar-refractivity contribution in [3.63, 3.8) is 0 Å². The van der Waals surface area contributed by atoms with Gasteiger partial charge in [0.25, 0.3) is 0 Å². The first-order valence-electron chi connectivity index (χ1n) is 10.4. The molecule has 4 atom stereocenters. The molecule has 2 heterocycles. The van der Waals surface area contributed by atoms with Gasteiger partial charge >= 0.3 is 11.9 Å². The Labute approximate surface area is 184 Å². The number of primary amides is 1. The van der Waals surface area contributed by atoms with Crippen molar-refractivity contribution < 1.29 is 39.0 Å². The van der Waals surface area contributed by atoms with E-state index in [4.69, 9.17) is 11.5 Å². The summed E-state index contributed by atoms with van der Waals surface area (Å²) in [6, 6.07) is -4.54. The fourth-order valence-corrected chi connectivity index (χ4v) is 4.07. The van der Waals surface area contributed by atoms with Crippen LogP contribution in [-0.2, 0) is 28.8 Å². The summed E-state index contributed by atoms with van der Waals surface area (Å²) in [5, 5.41) is 20.9. The summed E-state index contributed by atoms with van der Waals surface area (Å²) >= 11 is 0. The standard InChI is InChI=1S/C19H29N5O8/c20-10(5-6-14(21)25)17(29)23-7-1-3-12(23)16(28)22-11(9-15(26)27)18(30)24-8-2-4-13(24)19(31)32/h10-13H,1-9,20H2,(H2,21,25)(H,22,28)(H,26,27)(H,31,32). The molecule has 2 aliphatic rings. The Morgan fingerprint density at radius 3 is 2.03 bits per heavy atom. The van der Waals surface area contributed by atoms with Gasteiger partial charge in [-0.1, -0.05) is 0 Å². The second-order valence-corrected chi connectivity index (χ2v) is 7.99. The van der Waals surface area contributed by atoms with Crippen LogP contribution >= 0.6 is 0 Å². The molecule has 0 aromatic rings. The van der Waals surface area contributed by atoms with Gasteiger partial charge in [0.1, 0.15) is 18.1 Å². The molecule has 0 aromatic carbocycles. The molecule has 0 saturated carbocycles. The van der Waals surface area contributed by atoms with Crippen LogP contribution in [0.1, 0.15) is 44.9 Å². The average Bonchev–Trinajstić information content (AvgIpc) is 3.39. The zero-order valence-electron chi connectivity index (χ0n) is 17.6. The Kier molecular flexibility index (Phi) is 8.52. The van der Waals surface area contributed by atoms with Crippen LogP contribution in [0.15, 0.2) is 0 Å². The SMILES string of the molecule is NC(=O)CCC(N)C(=O)N1CCCC1C(=O)NC(CC(=O)O)C(=O)N1CCCC1C(=O)O. The van der Waals surface area contributed by atoms with Crippen molar-refractivity contribution in [2.24, 2.45) is 11.5 Å². The molecule has 2 aliphatic heterocycles. The lowest BCUT2D eigenvalue weighted by atomic mass is 10.1. The molecule has 2 fully saturated rings. The van der Waals surface area contributed by atoms with Crippen LogP contribution < -0.4 is 16.8 Å². The Hall–Kier alpha value is -3.22. The summed E-state index contributed by atoms with van der Waals surface area (Å²) in [7, 11) is 0. The first-order valence-corrected chi connectivity index (χ1v) is 10.4. The summed E-state index contributed by atoms with van der Waals surface area (Å²) in [5.41, 5.74) is 10.9. The smallest absolute Gasteiger partial charge is 0.326 e. The Balaban J connectivity index is 2.10. The summed E-state index contributed by atoms with van der Waals surface area (Å²) in [6.07, 6.45) is 0.671. The number of likely N-dealkylation sites (tertiary alicyclic amines) is 2. The second kappa shape index (κ2) is 10.9. The molecule has 2 rings (SSSR count). The van der Waals surface area contributed by atoms with E-state index in [0.29, 0.717) is 12.8 Å². The van der Waals surface area contributed by atoms with Crippen molar-refractivity contribution in [3.05, 3.63) is 0 Å². The van der Waals surface area contributed by atoms with Gasteiger partial charge in [-0.05, 0) is 32.1 Å². The number of carbonyl (C=O) groups is 6. The maximum absolute atomic E-state index is 12.9. The van der Waals surface area contributed by atoms with Gasteiger partial charge in [0.05, 0.1) is 12.5 Å². The number of nitrogens with one attached hydrogen (secondary N) is 1. The quantitative estimate of drug-likeness (QED) is 0.237. The van der Waals surface area contributed by atoms with Crippen LogP contribution in [0, 0.1) is 0 Å². The first kappa shape index (κ1) is 25.0. The molecule has 4 unspecified atom stereocenters. The van der Waals surface area contributed by atoms with E-state index in [0.717, 1.165) is 4.90 Å². The average molecular weight is 455 g/mol.